The summed E-state index contributed by atoms with van der Waals surface area (Å²) < 4.78 is 0. The molecular weight excluding hydrogens is 262 g/mol. The molecule has 21 heavy (non-hydrogen) atoms. The summed E-state index contributed by atoms with van der Waals surface area (Å²) in [5.41, 5.74) is 12.9. The molecule has 5 nitrogen and oxygen atoms in total. The Labute approximate surface area is 126 Å². The summed E-state index contributed by atoms with van der Waals surface area (Å²) in [6.45, 7) is 0.925. The van der Waals surface area contributed by atoms with E-state index >= 15 is 0 Å². The van der Waals surface area contributed by atoms with Crippen LogP contribution < -0.4 is 11.5 Å². The van der Waals surface area contributed by atoms with Gasteiger partial charge >= 0.3 is 0 Å². The van der Waals surface area contributed by atoms with Crippen molar-refractivity contribution in [2.45, 2.75) is 44.7 Å². The summed E-state index contributed by atoms with van der Waals surface area (Å²) in [5, 5.41) is 7.57. The van der Waals surface area contributed by atoms with Gasteiger partial charge in [0, 0.05) is 12.6 Å². The average Bonchev–Trinajstić information content (AvgIpc) is 2.49. The molecule has 1 saturated carbocycles. The quantitative estimate of drug-likeness (QED) is 0.494. The molecule has 1 aromatic carbocycles. The Hall–Kier alpha value is -1.88. The number of rotatable bonds is 5. The topological polar surface area (TPSA) is 80.0 Å². The van der Waals surface area contributed by atoms with E-state index < -0.39 is 0 Å². The fourth-order valence-electron chi connectivity index (χ4n) is 2.88. The molecular formula is C16H25N5. The Kier molecular flexibility index (Phi) is 5.75. The predicted molar refractivity (Wildman–Crippen MR) is 88.2 cm³/mol. The van der Waals surface area contributed by atoms with E-state index in [1.54, 1.807) is 6.21 Å². The number of benzene rings is 1. The lowest BCUT2D eigenvalue weighted by molar-refractivity contribution is 0.184. The number of nitrogens with two attached hydrogens (primary N) is 2. The van der Waals surface area contributed by atoms with Crippen LogP contribution in [0.25, 0.3) is 0 Å². The normalized spacial score (nSPS) is 16.5. The molecule has 0 saturated heterocycles. The molecule has 0 atom stereocenters. The molecule has 0 amide bonds. The van der Waals surface area contributed by atoms with E-state index in [9.17, 15) is 0 Å². The number of nitrogens with zero attached hydrogens (tertiary/aromatic N) is 3. The Balaban J connectivity index is 2.05. The number of hydrogen-bond acceptors (Lipinski definition) is 3. The van der Waals surface area contributed by atoms with Crippen molar-refractivity contribution in [2.24, 2.45) is 21.7 Å². The van der Waals surface area contributed by atoms with Crippen molar-refractivity contribution in [2.75, 3.05) is 7.05 Å². The molecule has 4 N–H and O–H groups in total. The average molecular weight is 287 g/mol. The maximum Gasteiger partial charge on any atom is 0.211 e. The monoisotopic (exact) mass is 287 g/mol. The second-order valence-electron chi connectivity index (χ2n) is 5.68. The lowest BCUT2D eigenvalue weighted by Gasteiger charge is -2.31. The van der Waals surface area contributed by atoms with Crippen LogP contribution in [0.4, 0.5) is 0 Å². The van der Waals surface area contributed by atoms with Crippen molar-refractivity contribution in [1.29, 1.82) is 0 Å². The summed E-state index contributed by atoms with van der Waals surface area (Å²) in [6, 6.07) is 8.93. The molecule has 0 spiro atoms. The van der Waals surface area contributed by atoms with Crippen molar-refractivity contribution >= 4 is 12.2 Å². The molecule has 0 unspecified atom stereocenters. The van der Waals surface area contributed by atoms with Gasteiger partial charge in [-0.3, -0.25) is 4.90 Å². The molecule has 0 radical (unpaired) electrons. The lowest BCUT2D eigenvalue weighted by Crippen LogP contribution is -2.33. The van der Waals surface area contributed by atoms with Crippen molar-refractivity contribution in [3.63, 3.8) is 0 Å². The van der Waals surface area contributed by atoms with Gasteiger partial charge in [-0.15, -0.1) is 5.10 Å². The molecule has 0 aromatic heterocycles. The first kappa shape index (κ1) is 15.5. The predicted octanol–water partition coefficient (Wildman–Crippen LogP) is 2.06. The van der Waals surface area contributed by atoms with Crippen LogP contribution in [0.2, 0.25) is 0 Å². The zero-order chi connectivity index (χ0) is 15.1. The summed E-state index contributed by atoms with van der Waals surface area (Å²) in [7, 11) is 2.21. The first-order chi connectivity index (χ1) is 10.2. The van der Waals surface area contributed by atoms with Crippen LogP contribution in [0, 0.1) is 0 Å². The summed E-state index contributed by atoms with van der Waals surface area (Å²) in [6.07, 6.45) is 8.41. The Morgan fingerprint density at radius 2 is 1.95 bits per heavy atom. The van der Waals surface area contributed by atoms with Crippen molar-refractivity contribution in [3.8, 4) is 0 Å². The van der Waals surface area contributed by atoms with E-state index in [1.807, 2.05) is 12.1 Å². The number of guanidine groups is 1. The second-order valence-corrected chi connectivity index (χ2v) is 5.68. The standard InChI is InChI=1S/C16H25N5/c1-21(15-9-3-2-4-10-15)12-14-8-6-5-7-13(14)11-19-20-16(17)18/h5-8,11,15H,2-4,9-10,12H2,1H3,(H4,17,18,20). The highest BCUT2D eigenvalue weighted by Crippen LogP contribution is 2.23. The molecule has 1 fully saturated rings. The first-order valence-corrected chi connectivity index (χ1v) is 7.57. The van der Waals surface area contributed by atoms with E-state index in [2.05, 4.69) is 34.3 Å². The van der Waals surface area contributed by atoms with Gasteiger partial charge in [-0.05, 0) is 31.0 Å². The summed E-state index contributed by atoms with van der Waals surface area (Å²) in [4.78, 5) is 2.45. The highest BCUT2D eigenvalue weighted by atomic mass is 15.3. The van der Waals surface area contributed by atoms with Gasteiger partial charge in [0.05, 0.1) is 6.21 Å². The molecule has 0 heterocycles. The van der Waals surface area contributed by atoms with Crippen LogP contribution in [0.15, 0.2) is 34.5 Å². The number of hydrogen-bond donors (Lipinski definition) is 2. The largest absolute Gasteiger partial charge is 0.369 e. The minimum atomic E-state index is -0.0249. The smallest absolute Gasteiger partial charge is 0.211 e. The van der Waals surface area contributed by atoms with Gasteiger partial charge in [-0.1, -0.05) is 43.5 Å². The van der Waals surface area contributed by atoms with E-state index in [4.69, 9.17) is 11.5 Å². The van der Waals surface area contributed by atoms with Crippen molar-refractivity contribution in [1.82, 2.24) is 4.90 Å². The van der Waals surface area contributed by atoms with Crippen LogP contribution >= 0.6 is 0 Å². The van der Waals surface area contributed by atoms with Gasteiger partial charge in [-0.2, -0.15) is 5.10 Å². The first-order valence-electron chi connectivity index (χ1n) is 7.57. The molecule has 114 valence electrons. The van der Waals surface area contributed by atoms with Gasteiger partial charge in [0.25, 0.3) is 0 Å². The van der Waals surface area contributed by atoms with E-state index in [0.717, 1.165) is 12.1 Å². The molecule has 1 aliphatic rings. The van der Waals surface area contributed by atoms with E-state index in [-0.39, 0.29) is 5.96 Å². The third-order valence-corrected chi connectivity index (χ3v) is 4.04. The highest BCUT2D eigenvalue weighted by Gasteiger charge is 2.18. The Morgan fingerprint density at radius 3 is 2.67 bits per heavy atom. The van der Waals surface area contributed by atoms with Gasteiger partial charge in [0.15, 0.2) is 0 Å². The van der Waals surface area contributed by atoms with Gasteiger partial charge < -0.3 is 11.5 Å². The van der Waals surface area contributed by atoms with Crippen LogP contribution in [-0.4, -0.2) is 30.2 Å². The molecule has 1 aromatic rings. The van der Waals surface area contributed by atoms with Crippen LogP contribution in [0.5, 0.6) is 0 Å². The maximum absolute atomic E-state index is 5.28. The molecule has 0 bridgehead atoms. The minimum Gasteiger partial charge on any atom is -0.369 e. The van der Waals surface area contributed by atoms with Crippen LogP contribution in [0.1, 0.15) is 43.2 Å². The molecule has 1 aliphatic carbocycles. The minimum absolute atomic E-state index is 0.0249. The third kappa shape index (κ3) is 4.86. The summed E-state index contributed by atoms with van der Waals surface area (Å²) >= 11 is 0. The zero-order valence-electron chi connectivity index (χ0n) is 12.7. The fourth-order valence-corrected chi connectivity index (χ4v) is 2.88. The SMILES string of the molecule is CN(Cc1ccccc1C=NN=C(N)N)C1CCCCC1. The molecule has 0 aliphatic heterocycles. The Bertz CT molecular complexity index is 499. The van der Waals surface area contributed by atoms with Gasteiger partial charge in [0.1, 0.15) is 0 Å². The van der Waals surface area contributed by atoms with E-state index in [0.29, 0.717) is 6.04 Å². The van der Waals surface area contributed by atoms with Crippen LogP contribution in [-0.2, 0) is 6.54 Å². The molecule has 2 rings (SSSR count). The lowest BCUT2D eigenvalue weighted by atomic mass is 9.94. The highest BCUT2D eigenvalue weighted by molar-refractivity contribution is 5.83. The van der Waals surface area contributed by atoms with Gasteiger partial charge in [0.2, 0.25) is 5.96 Å². The maximum atomic E-state index is 5.28. The zero-order valence-corrected chi connectivity index (χ0v) is 12.7. The third-order valence-electron chi connectivity index (χ3n) is 4.04. The summed E-state index contributed by atoms with van der Waals surface area (Å²) in [5.74, 6) is -0.0249. The van der Waals surface area contributed by atoms with E-state index in [1.165, 1.54) is 37.7 Å². The fraction of sp³-hybridized carbons (Fsp3) is 0.500. The Morgan fingerprint density at radius 1 is 1.24 bits per heavy atom. The second kappa shape index (κ2) is 7.78. The van der Waals surface area contributed by atoms with Crippen LogP contribution in [0.3, 0.4) is 0 Å². The van der Waals surface area contributed by atoms with Crippen molar-refractivity contribution in [3.05, 3.63) is 35.4 Å². The van der Waals surface area contributed by atoms with Crippen molar-refractivity contribution < 1.29 is 0 Å². The van der Waals surface area contributed by atoms with Gasteiger partial charge in [-0.25, -0.2) is 0 Å². The molecule has 5 heteroatoms.